The van der Waals surface area contributed by atoms with Gasteiger partial charge in [-0.15, -0.1) is 0 Å². The highest BCUT2D eigenvalue weighted by atomic mass is 16.5. The Morgan fingerprint density at radius 3 is 3.71 bits per heavy atom. The van der Waals surface area contributed by atoms with Gasteiger partial charge in [-0.3, -0.25) is 0 Å². The smallest absolute Gasteiger partial charge is 0.116 e. The maximum atomic E-state index is 4.99. The maximum absolute atomic E-state index is 4.99. The lowest BCUT2D eigenvalue weighted by Crippen LogP contribution is -2.07. The number of hydrogen-bond donors (Lipinski definition) is 1. The first kappa shape index (κ1) is 4.65. The largest absolute Gasteiger partial charge is 0.368 e. The van der Waals surface area contributed by atoms with Gasteiger partial charge < -0.3 is 10.1 Å². The molecule has 0 atom stereocenters. The van der Waals surface area contributed by atoms with Gasteiger partial charge in [-0.25, -0.2) is 0 Å². The molecule has 1 aliphatic rings. The van der Waals surface area contributed by atoms with Crippen LogP contribution in [0.15, 0.2) is 6.20 Å². The molecule has 0 aliphatic carbocycles. The summed E-state index contributed by atoms with van der Waals surface area (Å²) in [6.07, 6.45) is 5.69. The topological polar surface area (TPSA) is 21.3 Å². The van der Waals surface area contributed by atoms with Crippen molar-refractivity contribution in [2.24, 2.45) is 0 Å². The van der Waals surface area contributed by atoms with Crippen molar-refractivity contribution in [3.05, 3.63) is 12.3 Å². The molecule has 0 saturated heterocycles. The highest BCUT2D eigenvalue weighted by molar-refractivity contribution is 4.70. The fourth-order valence-electron chi connectivity index (χ4n) is 0.448. The maximum Gasteiger partial charge on any atom is 0.116 e. The van der Waals surface area contributed by atoms with Gasteiger partial charge in [-0.1, -0.05) is 0 Å². The van der Waals surface area contributed by atoms with E-state index in [1.165, 1.54) is 0 Å². The summed E-state index contributed by atoms with van der Waals surface area (Å²) in [6.45, 7) is 1.43. The van der Waals surface area contributed by atoms with E-state index in [2.05, 4.69) is 11.4 Å². The molecule has 0 aromatic rings. The summed E-state index contributed by atoms with van der Waals surface area (Å²) < 4.78 is 4.99. The van der Waals surface area contributed by atoms with Gasteiger partial charge in [0.25, 0.3) is 0 Å². The van der Waals surface area contributed by atoms with Crippen molar-refractivity contribution < 1.29 is 4.74 Å². The molecule has 0 amide bonds. The molecule has 7 heavy (non-hydrogen) atoms. The fraction of sp³-hybridized carbons (Fsp3) is 0.600. The molecule has 1 heterocycles. The first-order valence-corrected chi connectivity index (χ1v) is 2.36. The van der Waals surface area contributed by atoms with Gasteiger partial charge in [0.1, 0.15) is 6.73 Å². The second-order valence-corrected chi connectivity index (χ2v) is 1.36. The van der Waals surface area contributed by atoms with Crippen molar-refractivity contribution in [1.82, 2.24) is 5.32 Å². The van der Waals surface area contributed by atoms with Crippen LogP contribution in [0.1, 0.15) is 6.42 Å². The summed E-state index contributed by atoms with van der Waals surface area (Å²) in [4.78, 5) is 0. The van der Waals surface area contributed by atoms with E-state index >= 15 is 0 Å². The van der Waals surface area contributed by atoms with Crippen molar-refractivity contribution in [3.8, 4) is 0 Å². The highest BCUT2D eigenvalue weighted by Gasteiger charge is 1.86. The molecular weight excluding hydrogens is 90.1 g/mol. The Labute approximate surface area is 43.2 Å². The normalized spacial score (nSPS) is 20.6. The molecule has 0 fully saturated rings. The molecule has 2 heteroatoms. The fourth-order valence-corrected chi connectivity index (χ4v) is 0.448. The number of hydrogen-bond acceptors (Lipinski definition) is 2. The van der Waals surface area contributed by atoms with Crippen molar-refractivity contribution >= 4 is 0 Å². The van der Waals surface area contributed by atoms with Crippen molar-refractivity contribution in [2.75, 3.05) is 13.3 Å². The Morgan fingerprint density at radius 2 is 2.71 bits per heavy atom. The summed E-state index contributed by atoms with van der Waals surface area (Å²) in [5.74, 6) is 0. The average molecular weight is 98.1 g/mol. The highest BCUT2D eigenvalue weighted by Crippen LogP contribution is 1.85. The summed E-state index contributed by atoms with van der Waals surface area (Å²) in [5, 5.41) is 2.89. The Kier molecular flexibility index (Phi) is 1.75. The Bertz CT molecular complexity index is 62.5. The third-order valence-electron chi connectivity index (χ3n) is 0.780. The molecular formula is C5H8NO. The van der Waals surface area contributed by atoms with E-state index in [4.69, 9.17) is 4.74 Å². The lowest BCUT2D eigenvalue weighted by molar-refractivity contribution is 0.134. The summed E-state index contributed by atoms with van der Waals surface area (Å²) in [7, 11) is 0. The molecule has 1 N–H and O–H groups in total. The summed E-state index contributed by atoms with van der Waals surface area (Å²) in [6, 6.07) is 0. The molecule has 0 aromatic heterocycles. The minimum absolute atomic E-state index is 0.632. The van der Waals surface area contributed by atoms with E-state index in [1.807, 2.05) is 0 Å². The molecule has 0 aromatic carbocycles. The van der Waals surface area contributed by atoms with Crippen LogP contribution in [0.2, 0.25) is 0 Å². The zero-order valence-corrected chi connectivity index (χ0v) is 4.11. The second kappa shape index (κ2) is 2.64. The first-order valence-electron chi connectivity index (χ1n) is 2.36. The Morgan fingerprint density at radius 1 is 1.71 bits per heavy atom. The zero-order chi connectivity index (χ0) is 4.95. The third kappa shape index (κ3) is 1.59. The van der Waals surface area contributed by atoms with Gasteiger partial charge in [0.05, 0.1) is 6.61 Å². The standard InChI is InChI=1S/C5H8NO/c1-2-4-7-5-6-3-1/h3,6H,2,4-5H2. The summed E-state index contributed by atoms with van der Waals surface area (Å²) in [5.41, 5.74) is 0. The predicted molar refractivity (Wildman–Crippen MR) is 26.4 cm³/mol. The Balaban J connectivity index is 2.20. The predicted octanol–water partition coefficient (Wildman–Crippen LogP) is 0.271. The second-order valence-electron chi connectivity index (χ2n) is 1.36. The van der Waals surface area contributed by atoms with Crippen LogP contribution in [0.4, 0.5) is 0 Å². The van der Waals surface area contributed by atoms with Crippen LogP contribution < -0.4 is 5.32 Å². The monoisotopic (exact) mass is 98.1 g/mol. The summed E-state index contributed by atoms with van der Waals surface area (Å²) >= 11 is 0. The van der Waals surface area contributed by atoms with E-state index in [9.17, 15) is 0 Å². The molecule has 2 nitrogen and oxygen atoms in total. The van der Waals surface area contributed by atoms with Gasteiger partial charge in [0, 0.05) is 6.20 Å². The number of rotatable bonds is 0. The SMILES string of the molecule is [C]1=CNCOCC1. The van der Waals surface area contributed by atoms with Crippen LogP contribution in [0.3, 0.4) is 0 Å². The first-order chi connectivity index (χ1) is 3.50. The molecule has 1 radical (unpaired) electrons. The van der Waals surface area contributed by atoms with E-state index < -0.39 is 0 Å². The lowest BCUT2D eigenvalue weighted by Gasteiger charge is -1.94. The van der Waals surface area contributed by atoms with Gasteiger partial charge in [0.2, 0.25) is 0 Å². The van der Waals surface area contributed by atoms with Crippen molar-refractivity contribution in [1.29, 1.82) is 0 Å². The lowest BCUT2D eigenvalue weighted by atomic mass is 10.4. The minimum Gasteiger partial charge on any atom is -0.368 e. The van der Waals surface area contributed by atoms with Crippen molar-refractivity contribution in [2.45, 2.75) is 6.42 Å². The average Bonchev–Trinajstić information content (AvgIpc) is 1.90. The molecule has 0 saturated carbocycles. The third-order valence-corrected chi connectivity index (χ3v) is 0.780. The van der Waals surface area contributed by atoms with Crippen LogP contribution in [-0.4, -0.2) is 13.3 Å². The Hall–Kier alpha value is -0.500. The zero-order valence-electron chi connectivity index (χ0n) is 4.11. The molecule has 1 rings (SSSR count). The number of ether oxygens (including phenoxy) is 1. The van der Waals surface area contributed by atoms with Crippen LogP contribution in [-0.2, 0) is 4.74 Å². The van der Waals surface area contributed by atoms with Gasteiger partial charge in [-0.05, 0) is 12.5 Å². The van der Waals surface area contributed by atoms with Crippen LogP contribution in [0.5, 0.6) is 0 Å². The molecule has 0 bridgehead atoms. The van der Waals surface area contributed by atoms with Crippen LogP contribution in [0.25, 0.3) is 0 Å². The molecule has 0 spiro atoms. The minimum atomic E-state index is 0.632. The molecule has 1 aliphatic heterocycles. The van der Waals surface area contributed by atoms with Crippen LogP contribution >= 0.6 is 0 Å². The van der Waals surface area contributed by atoms with E-state index in [0.29, 0.717) is 6.73 Å². The van der Waals surface area contributed by atoms with Crippen molar-refractivity contribution in [3.63, 3.8) is 0 Å². The van der Waals surface area contributed by atoms with E-state index in [1.54, 1.807) is 6.20 Å². The molecule has 0 unspecified atom stereocenters. The van der Waals surface area contributed by atoms with E-state index in [0.717, 1.165) is 13.0 Å². The molecule has 39 valence electrons. The van der Waals surface area contributed by atoms with Gasteiger partial charge in [-0.2, -0.15) is 0 Å². The van der Waals surface area contributed by atoms with E-state index in [-0.39, 0.29) is 0 Å². The van der Waals surface area contributed by atoms with Gasteiger partial charge >= 0.3 is 0 Å². The van der Waals surface area contributed by atoms with Gasteiger partial charge in [0.15, 0.2) is 0 Å². The quantitative estimate of drug-likeness (QED) is 0.469. The number of nitrogens with one attached hydrogen (secondary N) is 1. The van der Waals surface area contributed by atoms with Crippen LogP contribution in [0, 0.1) is 6.08 Å².